The van der Waals surface area contributed by atoms with E-state index in [1.54, 1.807) is 11.9 Å². The number of nitrogens with one attached hydrogen (secondary N) is 1. The van der Waals surface area contributed by atoms with Crippen LogP contribution < -0.4 is 5.32 Å². The molecule has 0 unspecified atom stereocenters. The molecule has 1 aliphatic rings. The van der Waals surface area contributed by atoms with Gasteiger partial charge in [-0.1, -0.05) is 0 Å². The van der Waals surface area contributed by atoms with Gasteiger partial charge in [-0.2, -0.15) is 0 Å². The Hall–Kier alpha value is -1.34. The fraction of sp³-hybridized carbons (Fsp3) is 0.800. The van der Waals surface area contributed by atoms with Crippen molar-refractivity contribution in [3.8, 4) is 0 Å². The van der Waals surface area contributed by atoms with Gasteiger partial charge in [0.1, 0.15) is 6.54 Å². The smallest absolute Gasteiger partial charge is 0.320 e. The van der Waals surface area contributed by atoms with Crippen LogP contribution >= 0.6 is 0 Å². The first-order valence-electron chi connectivity index (χ1n) is 5.47. The largest absolute Gasteiger partial charge is 0.394 e. The van der Waals surface area contributed by atoms with Gasteiger partial charge < -0.3 is 25.0 Å². The third-order valence-corrected chi connectivity index (χ3v) is 2.59. The van der Waals surface area contributed by atoms with E-state index >= 15 is 0 Å². The van der Waals surface area contributed by atoms with Crippen LogP contribution in [-0.2, 0) is 9.53 Å². The average Bonchev–Trinajstić information content (AvgIpc) is 2.60. The Morgan fingerprint density at radius 3 is 2.76 bits per heavy atom. The van der Waals surface area contributed by atoms with Crippen molar-refractivity contribution < 1.29 is 19.4 Å². The number of hydrogen-bond acceptors (Lipinski definition) is 4. The molecule has 0 radical (unpaired) electrons. The van der Waals surface area contributed by atoms with Crippen molar-refractivity contribution in [2.75, 3.05) is 47.0 Å². The van der Waals surface area contributed by atoms with Gasteiger partial charge in [-0.05, 0) is 0 Å². The molecule has 1 rings (SSSR count). The summed E-state index contributed by atoms with van der Waals surface area (Å²) in [6.45, 7) is 1.26. The molecule has 0 spiro atoms. The van der Waals surface area contributed by atoms with Crippen LogP contribution in [0.3, 0.4) is 0 Å². The minimum absolute atomic E-state index is 0.0172. The number of carbonyl (C=O) groups excluding carboxylic acids is 2. The molecule has 0 aromatic carbocycles. The van der Waals surface area contributed by atoms with E-state index in [0.29, 0.717) is 13.1 Å². The lowest BCUT2D eigenvalue weighted by molar-refractivity contribution is -0.123. The number of rotatable bonds is 6. The predicted octanol–water partition coefficient (Wildman–Crippen LogP) is -1.52. The monoisotopic (exact) mass is 245 g/mol. The summed E-state index contributed by atoms with van der Waals surface area (Å²) in [4.78, 5) is 26.2. The van der Waals surface area contributed by atoms with E-state index in [1.807, 2.05) is 0 Å². The van der Waals surface area contributed by atoms with E-state index in [4.69, 9.17) is 9.84 Å². The van der Waals surface area contributed by atoms with Crippen molar-refractivity contribution in [3.63, 3.8) is 0 Å². The van der Waals surface area contributed by atoms with Crippen LogP contribution in [0.1, 0.15) is 0 Å². The standard InChI is InChI=1S/C10H19N3O4/c1-12-3-4-13(10(12)16)5-9(15)11-8(6-14)7-17-2/h8,14H,3-7H2,1-2H3,(H,11,15)/t8-/m0/s1. The van der Waals surface area contributed by atoms with Crippen molar-refractivity contribution >= 4 is 11.9 Å². The maximum absolute atomic E-state index is 11.6. The van der Waals surface area contributed by atoms with Crippen LogP contribution in [0, 0.1) is 0 Å². The van der Waals surface area contributed by atoms with E-state index < -0.39 is 6.04 Å². The highest BCUT2D eigenvalue weighted by molar-refractivity contribution is 5.85. The molecule has 1 saturated heterocycles. The molecule has 7 heteroatoms. The molecule has 0 saturated carbocycles. The summed E-state index contributed by atoms with van der Waals surface area (Å²) in [6, 6.07) is -0.574. The molecular weight excluding hydrogens is 226 g/mol. The zero-order chi connectivity index (χ0) is 12.8. The Labute approximate surface area is 100 Å². The number of urea groups is 1. The molecule has 3 amide bonds. The molecule has 1 fully saturated rings. The lowest BCUT2D eigenvalue weighted by atomic mass is 10.3. The molecule has 17 heavy (non-hydrogen) atoms. The molecule has 1 heterocycles. The average molecular weight is 245 g/mol. The molecule has 0 aliphatic carbocycles. The minimum Gasteiger partial charge on any atom is -0.394 e. The highest BCUT2D eigenvalue weighted by Crippen LogP contribution is 2.04. The number of nitrogens with zero attached hydrogens (tertiary/aromatic N) is 2. The third kappa shape index (κ3) is 3.86. The first-order chi connectivity index (χ1) is 8.08. The minimum atomic E-state index is -0.428. The summed E-state index contributed by atoms with van der Waals surface area (Å²) >= 11 is 0. The topological polar surface area (TPSA) is 82.1 Å². The van der Waals surface area contributed by atoms with Crippen LogP contribution in [0.2, 0.25) is 0 Å². The second-order valence-electron chi connectivity index (χ2n) is 4.03. The molecular formula is C10H19N3O4. The number of likely N-dealkylation sites (N-methyl/N-ethyl adjacent to an activating group) is 1. The Morgan fingerprint density at radius 2 is 2.29 bits per heavy atom. The van der Waals surface area contributed by atoms with E-state index in [0.717, 1.165) is 0 Å². The summed E-state index contributed by atoms with van der Waals surface area (Å²) < 4.78 is 4.84. The van der Waals surface area contributed by atoms with Gasteiger partial charge >= 0.3 is 6.03 Å². The van der Waals surface area contributed by atoms with Crippen molar-refractivity contribution in [2.45, 2.75) is 6.04 Å². The van der Waals surface area contributed by atoms with Crippen LogP contribution in [0.25, 0.3) is 0 Å². The van der Waals surface area contributed by atoms with E-state index in [2.05, 4.69) is 5.32 Å². The molecule has 1 atom stereocenters. The van der Waals surface area contributed by atoms with Gasteiger partial charge in [-0.3, -0.25) is 4.79 Å². The summed E-state index contributed by atoms with van der Waals surface area (Å²) in [7, 11) is 3.19. The Morgan fingerprint density at radius 1 is 1.59 bits per heavy atom. The summed E-state index contributed by atoms with van der Waals surface area (Å²) in [5.74, 6) is -0.287. The van der Waals surface area contributed by atoms with Gasteiger partial charge in [0.2, 0.25) is 5.91 Å². The maximum atomic E-state index is 11.6. The lowest BCUT2D eigenvalue weighted by Gasteiger charge is -2.19. The van der Waals surface area contributed by atoms with Gasteiger partial charge in [0.15, 0.2) is 0 Å². The predicted molar refractivity (Wildman–Crippen MR) is 60.5 cm³/mol. The lowest BCUT2D eigenvalue weighted by Crippen LogP contribution is -2.46. The van der Waals surface area contributed by atoms with E-state index in [9.17, 15) is 9.59 Å². The quantitative estimate of drug-likeness (QED) is 0.595. The van der Waals surface area contributed by atoms with Gasteiger partial charge in [0.05, 0.1) is 19.3 Å². The van der Waals surface area contributed by atoms with Crippen LogP contribution in [0.5, 0.6) is 0 Å². The molecule has 0 bridgehead atoms. The summed E-state index contributed by atoms with van der Waals surface area (Å²) in [6.07, 6.45) is 0. The molecule has 98 valence electrons. The zero-order valence-electron chi connectivity index (χ0n) is 10.2. The van der Waals surface area contributed by atoms with Crippen LogP contribution in [0.15, 0.2) is 0 Å². The van der Waals surface area contributed by atoms with Crippen molar-refractivity contribution in [2.24, 2.45) is 0 Å². The normalized spacial score (nSPS) is 17.5. The first kappa shape index (κ1) is 13.7. The number of aliphatic hydroxyl groups is 1. The molecule has 0 aromatic heterocycles. The number of methoxy groups -OCH3 is 1. The van der Waals surface area contributed by atoms with E-state index in [-0.39, 0.29) is 31.7 Å². The van der Waals surface area contributed by atoms with Crippen LogP contribution in [0.4, 0.5) is 4.79 Å². The third-order valence-electron chi connectivity index (χ3n) is 2.59. The highest BCUT2D eigenvalue weighted by atomic mass is 16.5. The second-order valence-corrected chi connectivity index (χ2v) is 4.03. The van der Waals surface area contributed by atoms with Crippen molar-refractivity contribution in [3.05, 3.63) is 0 Å². The summed E-state index contributed by atoms with van der Waals surface area (Å²) in [5.41, 5.74) is 0. The molecule has 2 N–H and O–H groups in total. The number of aliphatic hydroxyl groups excluding tert-OH is 1. The van der Waals surface area contributed by atoms with Crippen molar-refractivity contribution in [1.29, 1.82) is 0 Å². The maximum Gasteiger partial charge on any atom is 0.320 e. The van der Waals surface area contributed by atoms with E-state index in [1.165, 1.54) is 12.0 Å². The number of amides is 3. The van der Waals surface area contributed by atoms with Gasteiger partial charge in [-0.15, -0.1) is 0 Å². The Balaban J connectivity index is 2.36. The molecule has 1 aliphatic heterocycles. The highest BCUT2D eigenvalue weighted by Gasteiger charge is 2.27. The number of ether oxygens (including phenoxy) is 1. The number of hydrogen-bond donors (Lipinski definition) is 2. The van der Waals surface area contributed by atoms with Gasteiger partial charge in [-0.25, -0.2) is 4.79 Å². The van der Waals surface area contributed by atoms with Gasteiger partial charge in [0, 0.05) is 27.2 Å². The summed E-state index contributed by atoms with van der Waals surface area (Å²) in [5, 5.41) is 11.6. The molecule has 7 nitrogen and oxygen atoms in total. The second kappa shape index (κ2) is 6.41. The van der Waals surface area contributed by atoms with Crippen molar-refractivity contribution in [1.82, 2.24) is 15.1 Å². The fourth-order valence-corrected chi connectivity index (χ4v) is 1.64. The van der Waals surface area contributed by atoms with Crippen LogP contribution in [-0.4, -0.2) is 79.9 Å². The first-order valence-corrected chi connectivity index (χ1v) is 5.47. The fourth-order valence-electron chi connectivity index (χ4n) is 1.64. The Bertz CT molecular complexity index is 285. The number of carbonyl (C=O) groups is 2. The SMILES string of the molecule is COC[C@H](CO)NC(=O)CN1CCN(C)C1=O. The molecule has 0 aromatic rings. The Kier molecular flexibility index (Phi) is 5.17. The zero-order valence-corrected chi connectivity index (χ0v) is 10.2. The van der Waals surface area contributed by atoms with Gasteiger partial charge in [0.25, 0.3) is 0 Å².